The van der Waals surface area contributed by atoms with Gasteiger partial charge in [-0.1, -0.05) is 49.4 Å². The summed E-state index contributed by atoms with van der Waals surface area (Å²) in [7, 11) is 3.65. The Kier molecular flexibility index (Phi) is 8.25. The van der Waals surface area contributed by atoms with Crippen LogP contribution in [0.1, 0.15) is 55.0 Å². The number of aliphatic imine (C=N–C) groups is 1. The lowest BCUT2D eigenvalue weighted by molar-refractivity contribution is 0.414. The largest absolute Gasteiger partial charge is 0.497 e. The highest BCUT2D eigenvalue weighted by molar-refractivity contribution is 5.80. The fraction of sp³-hybridized carbons (Fsp3) is 0.400. The molecule has 3 aromatic rings. The summed E-state index contributed by atoms with van der Waals surface area (Å²) in [6.07, 6.45) is 0.982. The minimum atomic E-state index is 0.127. The first-order chi connectivity index (χ1) is 15.5. The van der Waals surface area contributed by atoms with Crippen molar-refractivity contribution in [1.29, 1.82) is 0 Å². The van der Waals surface area contributed by atoms with E-state index in [-0.39, 0.29) is 6.04 Å². The van der Waals surface area contributed by atoms with Crippen LogP contribution in [0.25, 0.3) is 0 Å². The first kappa shape index (κ1) is 23.3. The van der Waals surface area contributed by atoms with Gasteiger partial charge in [-0.2, -0.15) is 0 Å². The molecule has 0 aliphatic rings. The third-order valence-corrected chi connectivity index (χ3v) is 5.77. The van der Waals surface area contributed by atoms with E-state index < -0.39 is 0 Å². The minimum Gasteiger partial charge on any atom is -0.497 e. The third kappa shape index (κ3) is 6.33. The average molecular weight is 435 g/mol. The molecule has 3 rings (SSSR count). The number of aromatic nitrogens is 3. The maximum atomic E-state index is 5.26. The fourth-order valence-corrected chi connectivity index (χ4v) is 3.43. The summed E-state index contributed by atoms with van der Waals surface area (Å²) >= 11 is 0. The SMILES string of the molecule is COc1ccc(C(C)CCNC(=NCc2nnc(C)n2C)NC(C)c2ccccc2)cc1. The number of benzene rings is 2. The van der Waals surface area contributed by atoms with Gasteiger partial charge in [0.25, 0.3) is 0 Å². The Hall–Kier alpha value is -3.35. The molecule has 7 heteroatoms. The predicted octanol–water partition coefficient (Wildman–Crippen LogP) is 4.12. The van der Waals surface area contributed by atoms with Crippen LogP contribution in [0.3, 0.4) is 0 Å². The Balaban J connectivity index is 1.64. The van der Waals surface area contributed by atoms with E-state index in [9.17, 15) is 0 Å². The van der Waals surface area contributed by atoms with Crippen LogP contribution < -0.4 is 15.4 Å². The number of nitrogens with one attached hydrogen (secondary N) is 2. The maximum Gasteiger partial charge on any atom is 0.192 e. The standard InChI is InChI=1S/C25H34N6O/c1-18(21-11-13-23(32-5)14-12-21)15-16-26-25(27-17-24-30-29-20(3)31(24)4)28-19(2)22-9-7-6-8-10-22/h6-14,18-19H,15-17H2,1-5H3,(H2,26,27,28). The summed E-state index contributed by atoms with van der Waals surface area (Å²) in [4.78, 5) is 4.78. The first-order valence-corrected chi connectivity index (χ1v) is 11.1. The molecule has 0 saturated heterocycles. The fourth-order valence-electron chi connectivity index (χ4n) is 3.43. The summed E-state index contributed by atoms with van der Waals surface area (Å²) in [5, 5.41) is 15.4. The number of hydrogen-bond donors (Lipinski definition) is 2. The number of methoxy groups -OCH3 is 1. The minimum absolute atomic E-state index is 0.127. The van der Waals surface area contributed by atoms with Gasteiger partial charge >= 0.3 is 0 Å². The molecule has 2 unspecified atom stereocenters. The number of ether oxygens (including phenoxy) is 1. The summed E-state index contributed by atoms with van der Waals surface area (Å²) in [5.74, 6) is 3.78. The Morgan fingerprint density at radius 2 is 1.75 bits per heavy atom. The molecule has 0 aliphatic heterocycles. The topological polar surface area (TPSA) is 76.4 Å². The van der Waals surface area contributed by atoms with Crippen molar-refractivity contribution in [3.8, 4) is 5.75 Å². The van der Waals surface area contributed by atoms with Gasteiger partial charge in [0, 0.05) is 13.6 Å². The smallest absolute Gasteiger partial charge is 0.192 e. The molecule has 7 nitrogen and oxygen atoms in total. The highest BCUT2D eigenvalue weighted by Gasteiger charge is 2.11. The van der Waals surface area contributed by atoms with Gasteiger partial charge in [-0.05, 0) is 49.4 Å². The maximum absolute atomic E-state index is 5.26. The summed E-state index contributed by atoms with van der Waals surface area (Å²) in [6, 6.07) is 18.8. The van der Waals surface area contributed by atoms with E-state index in [4.69, 9.17) is 9.73 Å². The Bertz CT molecular complexity index is 997. The number of nitrogens with zero attached hydrogens (tertiary/aromatic N) is 4. The summed E-state index contributed by atoms with van der Waals surface area (Å²) < 4.78 is 7.23. The van der Waals surface area contributed by atoms with Crippen molar-refractivity contribution in [2.75, 3.05) is 13.7 Å². The molecule has 0 radical (unpaired) electrons. The van der Waals surface area contributed by atoms with Gasteiger partial charge in [-0.15, -0.1) is 10.2 Å². The lowest BCUT2D eigenvalue weighted by Gasteiger charge is -2.20. The van der Waals surface area contributed by atoms with Crippen molar-refractivity contribution in [3.63, 3.8) is 0 Å². The van der Waals surface area contributed by atoms with Gasteiger partial charge in [0.1, 0.15) is 18.1 Å². The first-order valence-electron chi connectivity index (χ1n) is 11.1. The predicted molar refractivity (Wildman–Crippen MR) is 129 cm³/mol. The molecule has 2 atom stereocenters. The van der Waals surface area contributed by atoms with Gasteiger partial charge in [0.05, 0.1) is 13.2 Å². The zero-order chi connectivity index (χ0) is 22.9. The second kappa shape index (κ2) is 11.3. The number of aryl methyl sites for hydroxylation is 1. The van der Waals surface area contributed by atoms with Crippen LogP contribution in [0.2, 0.25) is 0 Å². The molecule has 0 saturated carbocycles. The molecule has 170 valence electrons. The molecular weight excluding hydrogens is 400 g/mol. The van der Waals surface area contributed by atoms with Crippen molar-refractivity contribution in [2.24, 2.45) is 12.0 Å². The Labute approximate surface area is 190 Å². The van der Waals surface area contributed by atoms with Crippen LogP contribution in [-0.2, 0) is 13.6 Å². The van der Waals surface area contributed by atoms with Crippen LogP contribution in [0.4, 0.5) is 0 Å². The highest BCUT2D eigenvalue weighted by atomic mass is 16.5. The van der Waals surface area contributed by atoms with Crippen molar-refractivity contribution >= 4 is 5.96 Å². The van der Waals surface area contributed by atoms with Crippen LogP contribution >= 0.6 is 0 Å². The number of hydrogen-bond acceptors (Lipinski definition) is 4. The molecular formula is C25H34N6O. The van der Waals surface area contributed by atoms with Crippen LogP contribution in [0.5, 0.6) is 5.75 Å². The van der Waals surface area contributed by atoms with Gasteiger partial charge in [0.2, 0.25) is 0 Å². The zero-order valence-corrected chi connectivity index (χ0v) is 19.7. The molecule has 0 bridgehead atoms. The monoisotopic (exact) mass is 434 g/mol. The highest BCUT2D eigenvalue weighted by Crippen LogP contribution is 2.21. The molecule has 0 amide bonds. The molecule has 2 N–H and O–H groups in total. The average Bonchev–Trinajstić information content (AvgIpc) is 3.15. The van der Waals surface area contributed by atoms with Crippen LogP contribution in [0, 0.1) is 6.92 Å². The third-order valence-electron chi connectivity index (χ3n) is 5.77. The van der Waals surface area contributed by atoms with Crippen LogP contribution in [-0.4, -0.2) is 34.4 Å². The summed E-state index contributed by atoms with van der Waals surface area (Å²) in [5.41, 5.74) is 2.51. The summed E-state index contributed by atoms with van der Waals surface area (Å²) in [6.45, 7) is 7.58. The van der Waals surface area contributed by atoms with E-state index in [0.29, 0.717) is 12.5 Å². The van der Waals surface area contributed by atoms with E-state index >= 15 is 0 Å². The van der Waals surface area contributed by atoms with Gasteiger partial charge < -0.3 is 19.9 Å². The molecule has 0 aliphatic carbocycles. The second-order valence-corrected chi connectivity index (χ2v) is 8.05. The van der Waals surface area contributed by atoms with E-state index in [1.165, 1.54) is 11.1 Å². The number of guanidine groups is 1. The van der Waals surface area contributed by atoms with E-state index in [1.807, 2.05) is 36.7 Å². The molecule has 1 aromatic heterocycles. The van der Waals surface area contributed by atoms with E-state index in [1.54, 1.807) is 7.11 Å². The van der Waals surface area contributed by atoms with E-state index in [0.717, 1.165) is 36.3 Å². The molecule has 2 aromatic carbocycles. The molecule has 1 heterocycles. The van der Waals surface area contributed by atoms with Gasteiger partial charge in [0.15, 0.2) is 11.8 Å². The normalized spacial score (nSPS) is 13.5. The zero-order valence-electron chi connectivity index (χ0n) is 19.7. The van der Waals surface area contributed by atoms with Crippen LogP contribution in [0.15, 0.2) is 59.6 Å². The van der Waals surface area contributed by atoms with E-state index in [2.05, 4.69) is 71.1 Å². The van der Waals surface area contributed by atoms with Crippen molar-refractivity contribution in [1.82, 2.24) is 25.4 Å². The molecule has 32 heavy (non-hydrogen) atoms. The van der Waals surface area contributed by atoms with Crippen molar-refractivity contribution in [3.05, 3.63) is 77.4 Å². The Morgan fingerprint density at radius 3 is 2.38 bits per heavy atom. The lowest BCUT2D eigenvalue weighted by atomic mass is 9.98. The second-order valence-electron chi connectivity index (χ2n) is 8.05. The lowest BCUT2D eigenvalue weighted by Crippen LogP contribution is -2.39. The van der Waals surface area contributed by atoms with Gasteiger partial charge in [-0.3, -0.25) is 0 Å². The molecule has 0 fully saturated rings. The quantitative estimate of drug-likeness (QED) is 0.391. The van der Waals surface area contributed by atoms with Crippen molar-refractivity contribution < 1.29 is 4.74 Å². The Morgan fingerprint density at radius 1 is 1.03 bits per heavy atom. The van der Waals surface area contributed by atoms with Crippen molar-refractivity contribution in [2.45, 2.75) is 45.7 Å². The van der Waals surface area contributed by atoms with Gasteiger partial charge in [-0.25, -0.2) is 4.99 Å². The number of rotatable bonds is 9. The molecule has 0 spiro atoms.